The summed E-state index contributed by atoms with van der Waals surface area (Å²) < 4.78 is 0. The van der Waals surface area contributed by atoms with E-state index in [4.69, 9.17) is 11.6 Å². The predicted molar refractivity (Wildman–Crippen MR) is 85.6 cm³/mol. The molecule has 1 N–H and O–H groups in total. The van der Waals surface area contributed by atoms with Crippen LogP contribution in [0.4, 0.5) is 5.69 Å². The topological polar surface area (TPSA) is 37.8 Å². The molecule has 5 heteroatoms. The molecule has 102 valence electrons. The van der Waals surface area contributed by atoms with E-state index in [-0.39, 0.29) is 6.04 Å². The quantitative estimate of drug-likeness (QED) is 0.753. The first-order chi connectivity index (χ1) is 9.65. The zero-order valence-electron chi connectivity index (χ0n) is 11.2. The standard InChI is InChI=1S/C15H14ClN3S/c1-9(14-8-20-10(2)19-14)18-13-6-5-12(16)15-11(13)4-3-7-17-15/h3-9,18H,1-2H3. The number of hydrogen-bond donors (Lipinski definition) is 1. The summed E-state index contributed by atoms with van der Waals surface area (Å²) >= 11 is 7.85. The van der Waals surface area contributed by atoms with E-state index in [0.29, 0.717) is 5.02 Å². The Hall–Kier alpha value is -1.65. The molecule has 0 bridgehead atoms. The Labute approximate surface area is 126 Å². The highest BCUT2D eigenvalue weighted by atomic mass is 35.5. The van der Waals surface area contributed by atoms with Gasteiger partial charge in [-0.2, -0.15) is 0 Å². The maximum Gasteiger partial charge on any atom is 0.0908 e. The number of benzene rings is 1. The van der Waals surface area contributed by atoms with Gasteiger partial charge in [-0.15, -0.1) is 11.3 Å². The summed E-state index contributed by atoms with van der Waals surface area (Å²) in [6.07, 6.45) is 1.76. The van der Waals surface area contributed by atoms with Crippen LogP contribution in [0.25, 0.3) is 10.9 Å². The van der Waals surface area contributed by atoms with E-state index in [1.165, 1.54) is 0 Å². The van der Waals surface area contributed by atoms with Crippen LogP contribution in [0.5, 0.6) is 0 Å². The SMILES string of the molecule is Cc1nc(C(C)Nc2ccc(Cl)c3ncccc23)cs1. The van der Waals surface area contributed by atoms with Crippen molar-refractivity contribution >= 4 is 39.5 Å². The second-order valence-electron chi connectivity index (χ2n) is 4.65. The molecule has 0 spiro atoms. The zero-order valence-corrected chi connectivity index (χ0v) is 12.8. The lowest BCUT2D eigenvalue weighted by Gasteiger charge is -2.15. The van der Waals surface area contributed by atoms with Gasteiger partial charge in [-0.05, 0) is 38.1 Å². The number of halogens is 1. The van der Waals surface area contributed by atoms with Crippen LogP contribution >= 0.6 is 22.9 Å². The number of fused-ring (bicyclic) bond motifs is 1. The molecule has 1 unspecified atom stereocenters. The van der Waals surface area contributed by atoms with E-state index in [9.17, 15) is 0 Å². The summed E-state index contributed by atoms with van der Waals surface area (Å²) in [4.78, 5) is 8.86. The van der Waals surface area contributed by atoms with Gasteiger partial charge >= 0.3 is 0 Å². The Morgan fingerprint density at radius 3 is 2.90 bits per heavy atom. The third kappa shape index (κ3) is 2.49. The molecular weight excluding hydrogens is 290 g/mol. The zero-order chi connectivity index (χ0) is 14.1. The molecule has 2 aromatic heterocycles. The first-order valence-electron chi connectivity index (χ1n) is 6.37. The predicted octanol–water partition coefficient (Wildman–Crippen LogP) is 4.83. The fourth-order valence-electron chi connectivity index (χ4n) is 2.15. The van der Waals surface area contributed by atoms with Crippen LogP contribution in [-0.4, -0.2) is 9.97 Å². The molecule has 0 aliphatic carbocycles. The summed E-state index contributed by atoms with van der Waals surface area (Å²) in [5.41, 5.74) is 2.90. The number of pyridine rings is 1. The number of aromatic nitrogens is 2. The van der Waals surface area contributed by atoms with Crippen LogP contribution in [0.2, 0.25) is 5.02 Å². The molecule has 0 saturated carbocycles. The number of thiazole rings is 1. The first kappa shape index (κ1) is 13.3. The Morgan fingerprint density at radius 1 is 1.30 bits per heavy atom. The van der Waals surface area contributed by atoms with Crippen molar-refractivity contribution < 1.29 is 0 Å². The van der Waals surface area contributed by atoms with Crippen molar-refractivity contribution in [2.75, 3.05) is 5.32 Å². The summed E-state index contributed by atoms with van der Waals surface area (Å²) in [6, 6.07) is 7.95. The maximum absolute atomic E-state index is 6.18. The third-order valence-electron chi connectivity index (χ3n) is 3.17. The van der Waals surface area contributed by atoms with Crippen LogP contribution in [0.1, 0.15) is 23.7 Å². The average Bonchev–Trinajstić information content (AvgIpc) is 2.89. The molecule has 2 heterocycles. The van der Waals surface area contributed by atoms with E-state index < -0.39 is 0 Å². The lowest BCUT2D eigenvalue weighted by Crippen LogP contribution is -2.07. The molecule has 3 aromatic rings. The van der Waals surface area contributed by atoms with Crippen LogP contribution in [0.15, 0.2) is 35.8 Å². The highest BCUT2D eigenvalue weighted by molar-refractivity contribution is 7.09. The summed E-state index contributed by atoms with van der Waals surface area (Å²) in [6.45, 7) is 4.12. The normalized spacial score (nSPS) is 12.6. The Kier molecular flexibility index (Phi) is 3.59. The molecule has 1 aromatic carbocycles. The number of rotatable bonds is 3. The van der Waals surface area contributed by atoms with Crippen LogP contribution in [0, 0.1) is 6.92 Å². The van der Waals surface area contributed by atoms with Crippen LogP contribution < -0.4 is 5.32 Å². The molecular formula is C15H14ClN3S. The van der Waals surface area contributed by atoms with Gasteiger partial charge in [0.25, 0.3) is 0 Å². The lowest BCUT2D eigenvalue weighted by atomic mass is 10.1. The Bertz CT molecular complexity index is 754. The summed E-state index contributed by atoms with van der Waals surface area (Å²) in [5.74, 6) is 0. The van der Waals surface area contributed by atoms with Crippen molar-refractivity contribution in [1.82, 2.24) is 9.97 Å². The fraction of sp³-hybridized carbons (Fsp3) is 0.200. The number of anilines is 1. The minimum absolute atomic E-state index is 0.143. The first-order valence-corrected chi connectivity index (χ1v) is 7.62. The summed E-state index contributed by atoms with van der Waals surface area (Å²) in [7, 11) is 0. The second-order valence-corrected chi connectivity index (χ2v) is 6.12. The average molecular weight is 304 g/mol. The molecule has 0 aliphatic heterocycles. The molecule has 0 aliphatic rings. The van der Waals surface area contributed by atoms with Crippen molar-refractivity contribution in [3.05, 3.63) is 51.6 Å². The maximum atomic E-state index is 6.18. The highest BCUT2D eigenvalue weighted by Crippen LogP contribution is 2.30. The summed E-state index contributed by atoms with van der Waals surface area (Å²) in [5, 5.41) is 8.35. The van der Waals surface area contributed by atoms with E-state index in [0.717, 1.165) is 27.3 Å². The molecule has 0 radical (unpaired) electrons. The molecule has 0 amide bonds. The number of hydrogen-bond acceptors (Lipinski definition) is 4. The van der Waals surface area contributed by atoms with Crippen LogP contribution in [0.3, 0.4) is 0 Å². The van der Waals surface area contributed by atoms with Gasteiger partial charge in [0.05, 0.1) is 27.3 Å². The number of nitrogens with zero attached hydrogens (tertiary/aromatic N) is 2. The van der Waals surface area contributed by atoms with Crippen LogP contribution in [-0.2, 0) is 0 Å². The fourth-order valence-corrected chi connectivity index (χ4v) is 3.07. The van der Waals surface area contributed by atoms with Gasteiger partial charge in [-0.3, -0.25) is 4.98 Å². The molecule has 20 heavy (non-hydrogen) atoms. The molecule has 0 saturated heterocycles. The van der Waals surface area contributed by atoms with Gasteiger partial charge in [0, 0.05) is 22.7 Å². The van der Waals surface area contributed by atoms with Gasteiger partial charge < -0.3 is 5.32 Å². The largest absolute Gasteiger partial charge is 0.376 e. The molecule has 0 fully saturated rings. The van der Waals surface area contributed by atoms with E-state index in [1.807, 2.05) is 31.2 Å². The van der Waals surface area contributed by atoms with Gasteiger partial charge in [-0.1, -0.05) is 11.6 Å². The van der Waals surface area contributed by atoms with Crippen molar-refractivity contribution in [3.8, 4) is 0 Å². The highest BCUT2D eigenvalue weighted by Gasteiger charge is 2.11. The smallest absolute Gasteiger partial charge is 0.0908 e. The van der Waals surface area contributed by atoms with Crippen molar-refractivity contribution in [1.29, 1.82) is 0 Å². The van der Waals surface area contributed by atoms with Crippen molar-refractivity contribution in [3.63, 3.8) is 0 Å². The molecule has 3 nitrogen and oxygen atoms in total. The second kappa shape index (κ2) is 5.38. The molecule has 3 rings (SSSR count). The third-order valence-corrected chi connectivity index (χ3v) is 4.27. The Balaban J connectivity index is 1.97. The van der Waals surface area contributed by atoms with Gasteiger partial charge in [0.15, 0.2) is 0 Å². The molecule has 1 atom stereocenters. The van der Waals surface area contributed by atoms with Crippen molar-refractivity contribution in [2.45, 2.75) is 19.9 Å². The van der Waals surface area contributed by atoms with Gasteiger partial charge in [-0.25, -0.2) is 4.98 Å². The van der Waals surface area contributed by atoms with E-state index in [1.54, 1.807) is 17.5 Å². The number of aryl methyl sites for hydroxylation is 1. The minimum Gasteiger partial charge on any atom is -0.376 e. The van der Waals surface area contributed by atoms with Crippen molar-refractivity contribution in [2.24, 2.45) is 0 Å². The number of nitrogens with one attached hydrogen (secondary N) is 1. The van der Waals surface area contributed by atoms with E-state index in [2.05, 4.69) is 27.6 Å². The lowest BCUT2D eigenvalue weighted by molar-refractivity contribution is 0.847. The van der Waals surface area contributed by atoms with Gasteiger partial charge in [0.1, 0.15) is 0 Å². The Morgan fingerprint density at radius 2 is 2.15 bits per heavy atom. The monoisotopic (exact) mass is 303 g/mol. The van der Waals surface area contributed by atoms with Gasteiger partial charge in [0.2, 0.25) is 0 Å². The van der Waals surface area contributed by atoms with E-state index >= 15 is 0 Å². The minimum atomic E-state index is 0.143.